The highest BCUT2D eigenvalue weighted by atomic mass is 35.5. The fraction of sp³-hybridized carbons (Fsp3) is 0.467. The van der Waals surface area contributed by atoms with E-state index in [9.17, 15) is 0 Å². The van der Waals surface area contributed by atoms with E-state index in [4.69, 9.17) is 21.1 Å². The number of fused-ring (bicyclic) bond motifs is 2. The van der Waals surface area contributed by atoms with Crippen molar-refractivity contribution >= 4 is 28.3 Å². The van der Waals surface area contributed by atoms with Crippen LogP contribution >= 0.6 is 11.6 Å². The van der Waals surface area contributed by atoms with Gasteiger partial charge in [-0.3, -0.25) is 0 Å². The van der Waals surface area contributed by atoms with E-state index in [0.29, 0.717) is 22.9 Å². The first-order chi connectivity index (χ1) is 10.3. The molecule has 1 aromatic carbocycles. The first-order valence-electron chi connectivity index (χ1n) is 7.15. The molecule has 2 atom stereocenters. The third kappa shape index (κ3) is 1.95. The van der Waals surface area contributed by atoms with Crippen LogP contribution in [0.2, 0.25) is 5.02 Å². The minimum absolute atomic E-state index is 0.337. The number of ether oxygens (including phenoxy) is 2. The van der Waals surface area contributed by atoms with E-state index in [0.717, 1.165) is 42.7 Å². The topological polar surface area (TPSA) is 47.5 Å². The summed E-state index contributed by atoms with van der Waals surface area (Å²) in [6.45, 7) is 1.80. The van der Waals surface area contributed by atoms with Gasteiger partial charge in [0.25, 0.3) is 0 Å². The molecule has 4 rings (SSSR count). The maximum absolute atomic E-state index is 6.37. The molecule has 0 N–H and O–H groups in total. The highest BCUT2D eigenvalue weighted by Crippen LogP contribution is 2.38. The second kappa shape index (κ2) is 5.00. The lowest BCUT2D eigenvalue weighted by molar-refractivity contribution is 0.113. The summed E-state index contributed by atoms with van der Waals surface area (Å²) < 4.78 is 11.0. The van der Waals surface area contributed by atoms with E-state index in [2.05, 4.69) is 14.9 Å². The minimum Gasteiger partial charge on any atom is -0.495 e. The van der Waals surface area contributed by atoms with Gasteiger partial charge in [0.2, 0.25) is 0 Å². The predicted octanol–water partition coefficient (Wildman–Crippen LogP) is 2.66. The van der Waals surface area contributed by atoms with Crippen molar-refractivity contribution in [3.8, 4) is 5.75 Å². The van der Waals surface area contributed by atoms with Crippen LogP contribution in [0.1, 0.15) is 12.8 Å². The van der Waals surface area contributed by atoms with Crippen LogP contribution in [0.25, 0.3) is 10.9 Å². The number of hydrogen-bond donors (Lipinski definition) is 0. The molecule has 2 aliphatic heterocycles. The van der Waals surface area contributed by atoms with Gasteiger partial charge >= 0.3 is 0 Å². The minimum atomic E-state index is 0.337. The first-order valence-corrected chi connectivity index (χ1v) is 7.53. The molecule has 1 aromatic heterocycles. The SMILES string of the molecule is COc1ccc2c(N3CC[C@@H]4OCC[C@@H]43)ncnc2c1Cl. The fourth-order valence-corrected chi connectivity index (χ4v) is 3.71. The van der Waals surface area contributed by atoms with E-state index < -0.39 is 0 Å². The van der Waals surface area contributed by atoms with Crippen LogP contribution in [0, 0.1) is 0 Å². The Bertz CT molecular complexity index is 694. The van der Waals surface area contributed by atoms with Crippen molar-refractivity contribution in [3.63, 3.8) is 0 Å². The molecular weight excluding hydrogens is 290 g/mol. The summed E-state index contributed by atoms with van der Waals surface area (Å²) in [7, 11) is 1.61. The molecule has 2 aliphatic rings. The molecule has 2 fully saturated rings. The van der Waals surface area contributed by atoms with Crippen LogP contribution in [0.4, 0.5) is 5.82 Å². The average Bonchev–Trinajstić information content (AvgIpc) is 3.10. The largest absolute Gasteiger partial charge is 0.495 e. The zero-order valence-corrected chi connectivity index (χ0v) is 12.5. The smallest absolute Gasteiger partial charge is 0.140 e. The first kappa shape index (κ1) is 13.1. The van der Waals surface area contributed by atoms with Crippen LogP contribution in [0.15, 0.2) is 18.5 Å². The van der Waals surface area contributed by atoms with Crippen LogP contribution < -0.4 is 9.64 Å². The molecule has 2 saturated heterocycles. The number of nitrogens with zero attached hydrogens (tertiary/aromatic N) is 3. The lowest BCUT2D eigenvalue weighted by Crippen LogP contribution is -2.32. The Morgan fingerprint density at radius 2 is 2.24 bits per heavy atom. The van der Waals surface area contributed by atoms with Gasteiger partial charge in [0.1, 0.15) is 22.9 Å². The highest BCUT2D eigenvalue weighted by Gasteiger charge is 2.39. The van der Waals surface area contributed by atoms with Crippen molar-refractivity contribution in [2.45, 2.75) is 25.0 Å². The number of benzene rings is 1. The molecule has 2 aromatic rings. The van der Waals surface area contributed by atoms with E-state index in [1.54, 1.807) is 13.4 Å². The maximum Gasteiger partial charge on any atom is 0.140 e. The van der Waals surface area contributed by atoms with Crippen molar-refractivity contribution < 1.29 is 9.47 Å². The Labute approximate surface area is 127 Å². The third-order valence-corrected chi connectivity index (χ3v) is 4.78. The van der Waals surface area contributed by atoms with E-state index in [1.807, 2.05) is 12.1 Å². The average molecular weight is 306 g/mol. The van der Waals surface area contributed by atoms with Crippen LogP contribution in [-0.4, -0.2) is 42.4 Å². The van der Waals surface area contributed by atoms with Gasteiger partial charge in [-0.2, -0.15) is 0 Å². The molecule has 0 radical (unpaired) electrons. The van der Waals surface area contributed by atoms with Gasteiger partial charge in [-0.05, 0) is 25.0 Å². The molecule has 110 valence electrons. The van der Waals surface area contributed by atoms with E-state index in [1.165, 1.54) is 0 Å². The van der Waals surface area contributed by atoms with Crippen LogP contribution in [0.3, 0.4) is 0 Å². The zero-order chi connectivity index (χ0) is 14.4. The Balaban J connectivity index is 1.84. The van der Waals surface area contributed by atoms with E-state index in [-0.39, 0.29) is 0 Å². The fourth-order valence-electron chi connectivity index (χ4n) is 3.41. The summed E-state index contributed by atoms with van der Waals surface area (Å²) in [6.07, 6.45) is 4.02. The summed E-state index contributed by atoms with van der Waals surface area (Å²) >= 11 is 6.37. The predicted molar refractivity (Wildman–Crippen MR) is 81.2 cm³/mol. The Kier molecular flexibility index (Phi) is 3.12. The molecule has 3 heterocycles. The molecule has 0 saturated carbocycles. The number of methoxy groups -OCH3 is 1. The highest BCUT2D eigenvalue weighted by molar-refractivity contribution is 6.36. The number of rotatable bonds is 2. The molecular formula is C15H16ClN3O2. The van der Waals surface area contributed by atoms with Crippen molar-refractivity contribution in [1.82, 2.24) is 9.97 Å². The number of halogens is 1. The number of aromatic nitrogens is 2. The van der Waals surface area contributed by atoms with Gasteiger partial charge in [0, 0.05) is 18.5 Å². The molecule has 21 heavy (non-hydrogen) atoms. The van der Waals surface area contributed by atoms with Gasteiger partial charge < -0.3 is 14.4 Å². The van der Waals surface area contributed by atoms with Gasteiger partial charge in [-0.25, -0.2) is 9.97 Å². The van der Waals surface area contributed by atoms with Crippen molar-refractivity contribution in [3.05, 3.63) is 23.5 Å². The lowest BCUT2D eigenvalue weighted by atomic mass is 10.1. The molecule has 0 unspecified atom stereocenters. The number of anilines is 1. The standard InChI is InChI=1S/C15H16ClN3O2/c1-20-12-3-2-9-14(13(12)16)17-8-18-15(9)19-6-4-11-10(19)5-7-21-11/h2-3,8,10-11H,4-7H2,1H3/t10-,11-/m0/s1. The quantitative estimate of drug-likeness (QED) is 0.853. The van der Waals surface area contributed by atoms with Gasteiger partial charge in [-0.1, -0.05) is 11.6 Å². The summed E-state index contributed by atoms with van der Waals surface area (Å²) in [5.41, 5.74) is 0.739. The molecule has 0 amide bonds. The summed E-state index contributed by atoms with van der Waals surface area (Å²) in [4.78, 5) is 11.2. The van der Waals surface area contributed by atoms with Gasteiger partial charge in [0.05, 0.1) is 24.8 Å². The Morgan fingerprint density at radius 3 is 3.10 bits per heavy atom. The van der Waals surface area contributed by atoms with Gasteiger partial charge in [-0.15, -0.1) is 0 Å². The third-order valence-electron chi connectivity index (χ3n) is 4.41. The van der Waals surface area contributed by atoms with E-state index >= 15 is 0 Å². The second-order valence-corrected chi connectivity index (χ2v) is 5.80. The summed E-state index contributed by atoms with van der Waals surface area (Å²) in [6, 6.07) is 4.28. The molecule has 0 spiro atoms. The van der Waals surface area contributed by atoms with Crippen molar-refractivity contribution in [1.29, 1.82) is 0 Å². The molecule has 0 aliphatic carbocycles. The monoisotopic (exact) mass is 305 g/mol. The van der Waals surface area contributed by atoms with Crippen molar-refractivity contribution in [2.24, 2.45) is 0 Å². The molecule has 0 bridgehead atoms. The Morgan fingerprint density at radius 1 is 1.33 bits per heavy atom. The van der Waals surface area contributed by atoms with Gasteiger partial charge in [0.15, 0.2) is 0 Å². The number of hydrogen-bond acceptors (Lipinski definition) is 5. The lowest BCUT2D eigenvalue weighted by Gasteiger charge is -2.25. The summed E-state index contributed by atoms with van der Waals surface area (Å²) in [5, 5.41) is 1.51. The maximum atomic E-state index is 6.37. The summed E-state index contributed by atoms with van der Waals surface area (Å²) in [5.74, 6) is 1.58. The van der Waals surface area contributed by atoms with Crippen LogP contribution in [0.5, 0.6) is 5.75 Å². The Hall–Kier alpha value is -1.59. The molecule has 6 heteroatoms. The normalized spacial score (nSPS) is 24.6. The molecule has 5 nitrogen and oxygen atoms in total. The van der Waals surface area contributed by atoms with Crippen LogP contribution in [-0.2, 0) is 4.74 Å². The van der Waals surface area contributed by atoms with Crippen molar-refractivity contribution in [2.75, 3.05) is 25.2 Å². The second-order valence-electron chi connectivity index (χ2n) is 5.42. The zero-order valence-electron chi connectivity index (χ0n) is 11.8.